The lowest BCUT2D eigenvalue weighted by Crippen LogP contribution is -2.49. The summed E-state index contributed by atoms with van der Waals surface area (Å²) >= 11 is 14.3. The fourth-order valence-electron chi connectivity index (χ4n) is 2.53. The Hall–Kier alpha value is -1.05. The Morgan fingerprint density at radius 3 is 2.48 bits per heavy atom. The largest absolute Gasteiger partial charge is 0.353 e. The lowest BCUT2D eigenvalue weighted by atomic mass is 10.1. The van der Waals surface area contributed by atoms with Crippen LogP contribution in [0.1, 0.15) is 10.4 Å². The third kappa shape index (κ3) is 3.89. The monoisotopic (exact) mass is 461 g/mol. The summed E-state index contributed by atoms with van der Waals surface area (Å²) in [6.07, 6.45) is 1.85. The van der Waals surface area contributed by atoms with Crippen LogP contribution in [0.4, 0.5) is 5.82 Å². The summed E-state index contributed by atoms with van der Waals surface area (Å²) in [5.74, 6) is 0.867. The molecule has 1 saturated heterocycles. The van der Waals surface area contributed by atoms with Crippen LogP contribution in [0.5, 0.6) is 0 Å². The van der Waals surface area contributed by atoms with E-state index in [4.69, 9.17) is 23.2 Å². The van der Waals surface area contributed by atoms with Crippen molar-refractivity contribution < 1.29 is 4.79 Å². The number of carbonyl (C=O) groups excluding carboxylic acids is 1. The van der Waals surface area contributed by atoms with Gasteiger partial charge in [0.25, 0.3) is 5.91 Å². The van der Waals surface area contributed by atoms with Gasteiger partial charge in [0.15, 0.2) is 0 Å². The summed E-state index contributed by atoms with van der Waals surface area (Å²) in [5, 5.41) is 0.945. The Bertz CT molecular complexity index is 716. The maximum atomic E-state index is 12.6. The molecule has 1 aromatic carbocycles. The van der Waals surface area contributed by atoms with Crippen molar-refractivity contribution in [3.05, 3.63) is 55.7 Å². The van der Waals surface area contributed by atoms with Crippen LogP contribution < -0.4 is 4.90 Å². The first-order chi connectivity index (χ1) is 11.0. The Kier molecular flexibility index (Phi) is 5.28. The molecule has 2 aromatic rings. The van der Waals surface area contributed by atoms with Gasteiger partial charge in [0.1, 0.15) is 5.82 Å². The molecule has 0 radical (unpaired) electrons. The van der Waals surface area contributed by atoms with E-state index < -0.39 is 0 Å². The van der Waals surface area contributed by atoms with Crippen molar-refractivity contribution in [2.24, 2.45) is 0 Å². The van der Waals surface area contributed by atoms with Crippen LogP contribution in [0.3, 0.4) is 0 Å². The second-order valence-corrected chi connectivity index (χ2v) is 7.33. The summed E-state index contributed by atoms with van der Waals surface area (Å²) in [6.45, 7) is 2.76. The van der Waals surface area contributed by atoms with Crippen molar-refractivity contribution >= 4 is 57.5 Å². The molecule has 23 heavy (non-hydrogen) atoms. The number of aromatic nitrogens is 1. The highest BCUT2D eigenvalue weighted by atomic mass is 127. The lowest BCUT2D eigenvalue weighted by Gasteiger charge is -2.35. The second kappa shape index (κ2) is 7.23. The van der Waals surface area contributed by atoms with Crippen LogP contribution in [0.25, 0.3) is 0 Å². The molecular weight excluding hydrogens is 448 g/mol. The van der Waals surface area contributed by atoms with E-state index in [1.807, 2.05) is 18.3 Å². The maximum Gasteiger partial charge on any atom is 0.255 e. The summed E-state index contributed by atoms with van der Waals surface area (Å²) < 4.78 is 1.11. The average molecular weight is 462 g/mol. The predicted molar refractivity (Wildman–Crippen MR) is 102 cm³/mol. The Labute approximate surface area is 158 Å². The number of anilines is 1. The molecule has 0 unspecified atom stereocenters. The molecule has 1 aliphatic heterocycles. The minimum absolute atomic E-state index is 0.0762. The number of benzene rings is 1. The van der Waals surface area contributed by atoms with E-state index >= 15 is 0 Å². The number of rotatable bonds is 2. The van der Waals surface area contributed by atoms with Gasteiger partial charge in [-0.2, -0.15) is 0 Å². The molecule has 0 aliphatic carbocycles. The first kappa shape index (κ1) is 16.8. The summed E-state index contributed by atoms with van der Waals surface area (Å²) in [4.78, 5) is 21.0. The molecule has 4 nitrogen and oxygen atoms in total. The topological polar surface area (TPSA) is 36.4 Å². The third-order valence-corrected chi connectivity index (χ3v) is 4.96. The molecule has 3 rings (SSSR count). The minimum Gasteiger partial charge on any atom is -0.353 e. The van der Waals surface area contributed by atoms with E-state index in [9.17, 15) is 4.79 Å². The second-order valence-electron chi connectivity index (χ2n) is 5.24. The van der Waals surface area contributed by atoms with Gasteiger partial charge in [-0.25, -0.2) is 4.98 Å². The number of amides is 1. The van der Waals surface area contributed by atoms with E-state index in [1.54, 1.807) is 23.1 Å². The SMILES string of the molecule is O=C(c1cc(Cl)ccc1Cl)N1CCN(c2ccc(I)cn2)CC1. The highest BCUT2D eigenvalue weighted by Crippen LogP contribution is 2.23. The van der Waals surface area contributed by atoms with Gasteiger partial charge in [-0.15, -0.1) is 0 Å². The fourth-order valence-corrected chi connectivity index (χ4v) is 3.21. The van der Waals surface area contributed by atoms with E-state index in [0.717, 1.165) is 22.5 Å². The van der Waals surface area contributed by atoms with Gasteiger partial charge >= 0.3 is 0 Å². The van der Waals surface area contributed by atoms with E-state index in [2.05, 4.69) is 32.5 Å². The molecular formula is C16H14Cl2IN3O. The van der Waals surface area contributed by atoms with E-state index in [1.165, 1.54) is 0 Å². The molecule has 0 atom stereocenters. The number of hydrogen-bond acceptors (Lipinski definition) is 3. The summed E-state index contributed by atoms with van der Waals surface area (Å²) in [7, 11) is 0. The van der Waals surface area contributed by atoms with Crippen molar-refractivity contribution in [1.82, 2.24) is 9.88 Å². The highest BCUT2D eigenvalue weighted by molar-refractivity contribution is 14.1. The van der Waals surface area contributed by atoms with Gasteiger partial charge in [0.2, 0.25) is 0 Å². The molecule has 7 heteroatoms. The Morgan fingerprint density at radius 1 is 1.09 bits per heavy atom. The normalized spacial score (nSPS) is 14.9. The van der Waals surface area contributed by atoms with Gasteiger partial charge in [0.05, 0.1) is 10.6 Å². The fraction of sp³-hybridized carbons (Fsp3) is 0.250. The third-order valence-electron chi connectivity index (χ3n) is 3.76. The van der Waals surface area contributed by atoms with Gasteiger partial charge in [0, 0.05) is 41.0 Å². The van der Waals surface area contributed by atoms with Crippen molar-refractivity contribution in [2.45, 2.75) is 0 Å². The Morgan fingerprint density at radius 2 is 1.83 bits per heavy atom. The molecule has 1 fully saturated rings. The smallest absolute Gasteiger partial charge is 0.255 e. The molecule has 1 aromatic heterocycles. The van der Waals surface area contributed by atoms with Crippen LogP contribution in [0, 0.1) is 3.57 Å². The molecule has 0 N–H and O–H groups in total. The maximum absolute atomic E-state index is 12.6. The molecule has 1 amide bonds. The number of nitrogens with zero attached hydrogens (tertiary/aromatic N) is 3. The van der Waals surface area contributed by atoms with Gasteiger partial charge in [-0.3, -0.25) is 4.79 Å². The number of halogens is 3. The molecule has 0 spiro atoms. The van der Waals surface area contributed by atoms with Crippen LogP contribution >= 0.6 is 45.8 Å². The molecule has 120 valence electrons. The average Bonchev–Trinajstić information content (AvgIpc) is 2.57. The molecule has 2 heterocycles. The van der Waals surface area contributed by atoms with Crippen LogP contribution in [-0.2, 0) is 0 Å². The molecule has 1 aliphatic rings. The summed E-state index contributed by atoms with van der Waals surface area (Å²) in [6, 6.07) is 9.00. The number of carbonyl (C=O) groups is 1. The van der Waals surface area contributed by atoms with Crippen LogP contribution in [0.15, 0.2) is 36.5 Å². The van der Waals surface area contributed by atoms with E-state index in [0.29, 0.717) is 28.7 Å². The van der Waals surface area contributed by atoms with Crippen molar-refractivity contribution in [3.63, 3.8) is 0 Å². The van der Waals surface area contributed by atoms with E-state index in [-0.39, 0.29) is 5.91 Å². The Balaban J connectivity index is 1.67. The summed E-state index contributed by atoms with van der Waals surface area (Å²) in [5.41, 5.74) is 0.458. The van der Waals surface area contributed by atoms with Crippen LogP contribution in [-0.4, -0.2) is 42.0 Å². The molecule has 0 saturated carbocycles. The zero-order chi connectivity index (χ0) is 16.4. The highest BCUT2D eigenvalue weighted by Gasteiger charge is 2.24. The van der Waals surface area contributed by atoms with Crippen molar-refractivity contribution in [3.8, 4) is 0 Å². The van der Waals surface area contributed by atoms with Crippen LogP contribution in [0.2, 0.25) is 10.0 Å². The number of pyridine rings is 1. The first-order valence-electron chi connectivity index (χ1n) is 7.15. The van der Waals surface area contributed by atoms with Crippen molar-refractivity contribution in [1.29, 1.82) is 0 Å². The van der Waals surface area contributed by atoms with Crippen molar-refractivity contribution in [2.75, 3.05) is 31.1 Å². The number of piperazine rings is 1. The minimum atomic E-state index is -0.0762. The standard InChI is InChI=1S/C16H14Cl2IN3O/c17-11-1-3-14(18)13(9-11)16(23)22-7-5-21(6-8-22)15-4-2-12(19)10-20-15/h1-4,9-10H,5-8H2. The zero-order valence-electron chi connectivity index (χ0n) is 12.2. The van der Waals surface area contributed by atoms with Gasteiger partial charge in [-0.05, 0) is 52.9 Å². The molecule has 0 bridgehead atoms. The predicted octanol–water partition coefficient (Wildman–Crippen LogP) is 3.96. The first-order valence-corrected chi connectivity index (χ1v) is 8.99. The lowest BCUT2D eigenvalue weighted by molar-refractivity contribution is 0.0746. The van der Waals surface area contributed by atoms with Gasteiger partial charge < -0.3 is 9.80 Å². The van der Waals surface area contributed by atoms with Gasteiger partial charge in [-0.1, -0.05) is 23.2 Å². The zero-order valence-corrected chi connectivity index (χ0v) is 15.8. The quantitative estimate of drug-likeness (QED) is 0.635. The number of hydrogen-bond donors (Lipinski definition) is 0.